The van der Waals surface area contributed by atoms with Crippen molar-refractivity contribution in [1.29, 1.82) is 0 Å². The highest BCUT2D eigenvalue weighted by molar-refractivity contribution is 5.78. The first-order chi connectivity index (χ1) is 8.59. The van der Waals surface area contributed by atoms with Gasteiger partial charge in [-0.25, -0.2) is 0 Å². The molecule has 1 aromatic rings. The number of nitrogens with one attached hydrogen (secondary N) is 1. The summed E-state index contributed by atoms with van der Waals surface area (Å²) in [5.41, 5.74) is -1.19. The minimum absolute atomic E-state index is 0.0680. The molecule has 18 heavy (non-hydrogen) atoms. The fraction of sp³-hybridized carbons (Fsp3) is 0.615. The standard InChI is InChI=1S/C13H19NO4/c1-13(16,11-5-3-7-18-11)9-14-12(15)10-4-2-6-17-8-10/h3,5,7,10,16H,2,4,6,8-9H2,1H3,(H,14,15). The highest BCUT2D eigenvalue weighted by Crippen LogP contribution is 2.20. The molecule has 100 valence electrons. The van der Waals surface area contributed by atoms with Gasteiger partial charge in [0.2, 0.25) is 5.91 Å². The van der Waals surface area contributed by atoms with Crippen LogP contribution in [0, 0.1) is 5.92 Å². The minimum atomic E-state index is -1.19. The molecule has 1 aliphatic heterocycles. The topological polar surface area (TPSA) is 71.7 Å². The van der Waals surface area contributed by atoms with Crippen molar-refractivity contribution in [1.82, 2.24) is 5.32 Å². The van der Waals surface area contributed by atoms with E-state index in [4.69, 9.17) is 9.15 Å². The summed E-state index contributed by atoms with van der Waals surface area (Å²) in [6, 6.07) is 3.40. The molecule has 0 saturated carbocycles. The summed E-state index contributed by atoms with van der Waals surface area (Å²) in [6.45, 7) is 2.95. The molecule has 0 aliphatic carbocycles. The number of furan rings is 1. The lowest BCUT2D eigenvalue weighted by molar-refractivity contribution is -0.130. The first-order valence-electron chi connectivity index (χ1n) is 6.21. The van der Waals surface area contributed by atoms with Gasteiger partial charge in [0, 0.05) is 6.61 Å². The SMILES string of the molecule is CC(O)(CNC(=O)C1CCCOC1)c1ccco1. The van der Waals surface area contributed by atoms with Gasteiger partial charge in [-0.15, -0.1) is 0 Å². The summed E-state index contributed by atoms with van der Waals surface area (Å²) >= 11 is 0. The third kappa shape index (κ3) is 3.11. The Morgan fingerprint density at radius 2 is 2.50 bits per heavy atom. The molecular formula is C13H19NO4. The van der Waals surface area contributed by atoms with Gasteiger partial charge >= 0.3 is 0 Å². The molecule has 1 amide bonds. The van der Waals surface area contributed by atoms with Crippen molar-refractivity contribution < 1.29 is 19.1 Å². The molecule has 1 fully saturated rings. The van der Waals surface area contributed by atoms with Gasteiger partial charge in [0.25, 0.3) is 0 Å². The van der Waals surface area contributed by atoms with Crippen molar-refractivity contribution in [3.63, 3.8) is 0 Å². The van der Waals surface area contributed by atoms with E-state index in [1.54, 1.807) is 19.1 Å². The van der Waals surface area contributed by atoms with Gasteiger partial charge in [0.1, 0.15) is 11.4 Å². The van der Waals surface area contributed by atoms with Gasteiger partial charge in [-0.05, 0) is 31.9 Å². The monoisotopic (exact) mass is 253 g/mol. The molecule has 2 atom stereocenters. The van der Waals surface area contributed by atoms with E-state index >= 15 is 0 Å². The Kier molecular flexibility index (Phi) is 4.04. The number of rotatable bonds is 4. The molecule has 1 aliphatic rings. The van der Waals surface area contributed by atoms with Crippen LogP contribution in [-0.2, 0) is 15.1 Å². The number of ether oxygens (including phenoxy) is 1. The quantitative estimate of drug-likeness (QED) is 0.840. The van der Waals surface area contributed by atoms with Crippen LogP contribution in [0.3, 0.4) is 0 Å². The smallest absolute Gasteiger partial charge is 0.225 e. The summed E-state index contributed by atoms with van der Waals surface area (Å²) in [6.07, 6.45) is 3.25. The van der Waals surface area contributed by atoms with Crippen LogP contribution in [0.2, 0.25) is 0 Å². The van der Waals surface area contributed by atoms with E-state index < -0.39 is 5.60 Å². The summed E-state index contributed by atoms with van der Waals surface area (Å²) in [7, 11) is 0. The minimum Gasteiger partial charge on any atom is -0.466 e. The maximum absolute atomic E-state index is 11.9. The van der Waals surface area contributed by atoms with Crippen molar-refractivity contribution in [3.8, 4) is 0 Å². The van der Waals surface area contributed by atoms with Gasteiger partial charge < -0.3 is 19.6 Å². The Balaban J connectivity index is 1.85. The third-order valence-corrected chi connectivity index (χ3v) is 3.19. The molecule has 0 spiro atoms. The average Bonchev–Trinajstić information content (AvgIpc) is 2.92. The van der Waals surface area contributed by atoms with Crippen molar-refractivity contribution in [3.05, 3.63) is 24.2 Å². The second-order valence-electron chi connectivity index (χ2n) is 4.88. The molecule has 5 nitrogen and oxygen atoms in total. The zero-order valence-electron chi connectivity index (χ0n) is 10.5. The van der Waals surface area contributed by atoms with Crippen molar-refractivity contribution in [2.24, 2.45) is 5.92 Å². The second kappa shape index (κ2) is 5.54. The zero-order chi connectivity index (χ0) is 13.0. The van der Waals surface area contributed by atoms with Crippen LogP contribution in [0.15, 0.2) is 22.8 Å². The first kappa shape index (κ1) is 13.1. The average molecular weight is 253 g/mol. The van der Waals surface area contributed by atoms with Crippen LogP contribution in [0.5, 0.6) is 0 Å². The molecule has 2 N–H and O–H groups in total. The van der Waals surface area contributed by atoms with E-state index in [-0.39, 0.29) is 18.4 Å². The molecule has 1 saturated heterocycles. The maximum Gasteiger partial charge on any atom is 0.225 e. The molecule has 0 aromatic carbocycles. The van der Waals surface area contributed by atoms with Crippen LogP contribution in [0.4, 0.5) is 0 Å². The number of hydrogen-bond donors (Lipinski definition) is 2. The predicted octanol–water partition coefficient (Wildman–Crippen LogP) is 1.03. The van der Waals surface area contributed by atoms with Crippen LogP contribution in [0.1, 0.15) is 25.5 Å². The van der Waals surface area contributed by atoms with Crippen LogP contribution >= 0.6 is 0 Å². The number of carbonyl (C=O) groups is 1. The molecule has 2 heterocycles. The fourth-order valence-electron chi connectivity index (χ4n) is 2.02. The van der Waals surface area contributed by atoms with Gasteiger partial charge in [-0.1, -0.05) is 0 Å². The van der Waals surface area contributed by atoms with Crippen molar-refractivity contribution in [2.75, 3.05) is 19.8 Å². The van der Waals surface area contributed by atoms with Crippen molar-refractivity contribution in [2.45, 2.75) is 25.4 Å². The summed E-state index contributed by atoms with van der Waals surface area (Å²) in [4.78, 5) is 11.9. The summed E-state index contributed by atoms with van der Waals surface area (Å²) in [5, 5.41) is 12.9. The van der Waals surface area contributed by atoms with Gasteiger partial charge in [-0.3, -0.25) is 4.79 Å². The molecule has 2 unspecified atom stereocenters. The molecule has 5 heteroatoms. The molecule has 0 radical (unpaired) electrons. The lowest BCUT2D eigenvalue weighted by Gasteiger charge is -2.25. The highest BCUT2D eigenvalue weighted by atomic mass is 16.5. The third-order valence-electron chi connectivity index (χ3n) is 3.19. The van der Waals surface area contributed by atoms with Crippen molar-refractivity contribution >= 4 is 5.91 Å². The first-order valence-corrected chi connectivity index (χ1v) is 6.21. The fourth-order valence-corrected chi connectivity index (χ4v) is 2.02. The predicted molar refractivity (Wildman–Crippen MR) is 64.8 cm³/mol. The Morgan fingerprint density at radius 3 is 3.11 bits per heavy atom. The van der Waals surface area contributed by atoms with E-state index in [1.807, 2.05) is 0 Å². The van der Waals surface area contributed by atoms with E-state index in [1.165, 1.54) is 6.26 Å². The van der Waals surface area contributed by atoms with Crippen LogP contribution in [0.25, 0.3) is 0 Å². The van der Waals surface area contributed by atoms with Gasteiger partial charge in [-0.2, -0.15) is 0 Å². The Morgan fingerprint density at radius 1 is 1.67 bits per heavy atom. The maximum atomic E-state index is 11.9. The zero-order valence-corrected chi connectivity index (χ0v) is 10.5. The number of aliphatic hydroxyl groups is 1. The number of amides is 1. The van der Waals surface area contributed by atoms with Gasteiger partial charge in [0.05, 0.1) is 25.3 Å². The summed E-state index contributed by atoms with van der Waals surface area (Å²) < 4.78 is 10.4. The van der Waals surface area contributed by atoms with E-state index in [9.17, 15) is 9.90 Å². The van der Waals surface area contributed by atoms with E-state index in [0.717, 1.165) is 19.4 Å². The number of hydrogen-bond acceptors (Lipinski definition) is 4. The molecule has 1 aromatic heterocycles. The Labute approximate surface area is 106 Å². The van der Waals surface area contributed by atoms with Crippen LogP contribution < -0.4 is 5.32 Å². The Hall–Kier alpha value is -1.33. The summed E-state index contributed by atoms with van der Waals surface area (Å²) in [5.74, 6) is 0.273. The van der Waals surface area contributed by atoms with Crippen LogP contribution in [-0.4, -0.2) is 30.8 Å². The largest absolute Gasteiger partial charge is 0.466 e. The lowest BCUT2D eigenvalue weighted by atomic mass is 10.00. The second-order valence-corrected chi connectivity index (χ2v) is 4.88. The van der Waals surface area contributed by atoms with E-state index in [2.05, 4.69) is 5.32 Å². The normalized spacial score (nSPS) is 23.3. The molecular weight excluding hydrogens is 234 g/mol. The van der Waals surface area contributed by atoms with E-state index in [0.29, 0.717) is 12.4 Å². The highest BCUT2D eigenvalue weighted by Gasteiger charge is 2.29. The Bertz CT molecular complexity index is 380. The van der Waals surface area contributed by atoms with Gasteiger partial charge in [0.15, 0.2) is 0 Å². The number of carbonyl (C=O) groups excluding carboxylic acids is 1. The molecule has 0 bridgehead atoms. The lowest BCUT2D eigenvalue weighted by Crippen LogP contribution is -2.42. The molecule has 2 rings (SSSR count).